The fraction of sp³-hybridized carbons (Fsp3) is 0.304. The Morgan fingerprint density at radius 2 is 1.81 bits per heavy atom. The summed E-state index contributed by atoms with van der Waals surface area (Å²) >= 11 is 0. The van der Waals surface area contributed by atoms with Crippen molar-refractivity contribution in [2.45, 2.75) is 40.3 Å². The molecule has 0 spiro atoms. The average molecular weight is 454 g/mol. The predicted octanol–water partition coefficient (Wildman–Crippen LogP) is 4.56. The molecule has 0 amide bonds. The van der Waals surface area contributed by atoms with Gasteiger partial charge in [-0.15, -0.1) is 5.10 Å². The van der Waals surface area contributed by atoms with Gasteiger partial charge in [-0.05, 0) is 75.1 Å². The van der Waals surface area contributed by atoms with Crippen LogP contribution in [0.1, 0.15) is 30.7 Å². The normalized spacial score (nSPS) is 14.8. The highest BCUT2D eigenvalue weighted by Gasteiger charge is 2.36. The summed E-state index contributed by atoms with van der Waals surface area (Å²) in [5.74, 6) is -0.377. The van der Waals surface area contributed by atoms with Gasteiger partial charge in [-0.2, -0.15) is 0 Å². The van der Waals surface area contributed by atoms with E-state index in [0.29, 0.717) is 16.8 Å². The standard InChI is InChI=1S/C23H24FN5O2S/c1-12-9-17(15-7-8-28(19(15)10-12)32(6,30)31)16-11-18(24)21-20(13(16)2)22-14(3)26-27-29(22)23(4,5)25-21/h7-11,25H,1-6H3. The van der Waals surface area contributed by atoms with Gasteiger partial charge in [0, 0.05) is 17.1 Å². The summed E-state index contributed by atoms with van der Waals surface area (Å²) in [4.78, 5) is 0. The first-order chi connectivity index (χ1) is 14.9. The Kier molecular flexibility index (Phi) is 4.15. The number of halogens is 1. The number of anilines is 1. The van der Waals surface area contributed by atoms with Crippen LogP contribution in [-0.2, 0) is 15.7 Å². The Morgan fingerprint density at radius 3 is 2.50 bits per heavy atom. The first kappa shape index (κ1) is 20.7. The summed E-state index contributed by atoms with van der Waals surface area (Å²) in [5, 5.41) is 12.5. The van der Waals surface area contributed by atoms with Gasteiger partial charge in [-0.3, -0.25) is 0 Å². The number of nitrogens with zero attached hydrogens (tertiary/aromatic N) is 4. The molecule has 5 rings (SSSR count). The second-order valence-electron chi connectivity index (χ2n) is 9.02. The molecular weight excluding hydrogens is 429 g/mol. The van der Waals surface area contributed by atoms with Crippen LogP contribution in [0.25, 0.3) is 33.3 Å². The van der Waals surface area contributed by atoms with Crippen LogP contribution in [0.15, 0.2) is 30.5 Å². The first-order valence-electron chi connectivity index (χ1n) is 10.3. The van der Waals surface area contributed by atoms with Crippen molar-refractivity contribution in [3.8, 4) is 22.4 Å². The molecule has 4 aromatic rings. The van der Waals surface area contributed by atoms with E-state index in [1.807, 2.05) is 46.8 Å². The van der Waals surface area contributed by atoms with Gasteiger partial charge in [0.1, 0.15) is 11.5 Å². The van der Waals surface area contributed by atoms with Gasteiger partial charge in [-0.25, -0.2) is 21.5 Å². The molecule has 0 unspecified atom stereocenters. The lowest BCUT2D eigenvalue weighted by molar-refractivity contribution is 0.357. The molecule has 9 heteroatoms. The summed E-state index contributed by atoms with van der Waals surface area (Å²) in [7, 11) is -3.47. The zero-order valence-electron chi connectivity index (χ0n) is 18.8. The third-order valence-corrected chi connectivity index (χ3v) is 7.17. The van der Waals surface area contributed by atoms with Gasteiger partial charge in [0.05, 0.1) is 28.8 Å². The maximum Gasteiger partial charge on any atom is 0.236 e. The topological polar surface area (TPSA) is 81.8 Å². The van der Waals surface area contributed by atoms with Crippen LogP contribution in [0.4, 0.5) is 10.1 Å². The molecule has 7 nitrogen and oxygen atoms in total. The van der Waals surface area contributed by atoms with Crippen LogP contribution in [0, 0.1) is 26.6 Å². The number of fused-ring (bicyclic) bond motifs is 4. The Bertz CT molecular complexity index is 1550. The molecule has 1 N–H and O–H groups in total. The lowest BCUT2D eigenvalue weighted by Gasteiger charge is -2.36. The summed E-state index contributed by atoms with van der Waals surface area (Å²) in [6.45, 7) is 9.57. The van der Waals surface area contributed by atoms with Crippen molar-refractivity contribution in [2.24, 2.45) is 0 Å². The van der Waals surface area contributed by atoms with E-state index in [0.717, 1.165) is 39.0 Å². The minimum atomic E-state index is -3.47. The van der Waals surface area contributed by atoms with E-state index in [9.17, 15) is 8.42 Å². The Labute approximate surface area is 185 Å². The number of hydrogen-bond donors (Lipinski definition) is 1. The molecule has 0 fully saturated rings. The highest BCUT2D eigenvalue weighted by atomic mass is 32.2. The Morgan fingerprint density at radius 1 is 1.09 bits per heavy atom. The molecule has 0 atom stereocenters. The van der Waals surface area contributed by atoms with Crippen molar-refractivity contribution >= 4 is 26.6 Å². The zero-order valence-corrected chi connectivity index (χ0v) is 19.6. The molecule has 1 aliphatic rings. The summed E-state index contributed by atoms with van der Waals surface area (Å²) in [5.41, 5.74) is 5.82. The summed E-state index contributed by atoms with van der Waals surface area (Å²) in [6.07, 6.45) is 2.71. The molecule has 0 saturated carbocycles. The van der Waals surface area contributed by atoms with Crippen molar-refractivity contribution in [1.82, 2.24) is 19.0 Å². The SMILES string of the molecule is Cc1cc(-c2cc(F)c3c(c2C)-c2c(C)nnn2C(C)(C)N3)c2ccn(S(C)(=O)=O)c2c1. The van der Waals surface area contributed by atoms with Crippen LogP contribution in [0.5, 0.6) is 0 Å². The van der Waals surface area contributed by atoms with E-state index in [1.165, 1.54) is 16.3 Å². The van der Waals surface area contributed by atoms with E-state index in [4.69, 9.17) is 0 Å². The lowest BCUT2D eigenvalue weighted by Crippen LogP contribution is -2.40. The van der Waals surface area contributed by atoms with Gasteiger partial charge in [0.2, 0.25) is 10.0 Å². The summed E-state index contributed by atoms with van der Waals surface area (Å²) in [6, 6.07) is 7.08. The minimum Gasteiger partial charge on any atom is -0.359 e. The molecule has 0 radical (unpaired) electrons. The number of rotatable bonds is 2. The van der Waals surface area contributed by atoms with Crippen molar-refractivity contribution < 1.29 is 12.8 Å². The van der Waals surface area contributed by atoms with Gasteiger partial charge >= 0.3 is 0 Å². The maximum absolute atomic E-state index is 15.6. The highest BCUT2D eigenvalue weighted by Crippen LogP contribution is 2.46. The van der Waals surface area contributed by atoms with E-state index in [1.54, 1.807) is 16.9 Å². The number of aryl methyl sites for hydroxylation is 2. The summed E-state index contributed by atoms with van der Waals surface area (Å²) < 4.78 is 43.1. The average Bonchev–Trinajstić information content (AvgIpc) is 3.28. The van der Waals surface area contributed by atoms with Crippen molar-refractivity contribution in [1.29, 1.82) is 0 Å². The molecule has 1 aliphatic heterocycles. The molecular formula is C23H24FN5O2S. The molecule has 0 aliphatic carbocycles. The number of aromatic nitrogens is 4. The molecule has 2 aromatic carbocycles. The van der Waals surface area contributed by atoms with Gasteiger partial charge in [0.25, 0.3) is 0 Å². The predicted molar refractivity (Wildman–Crippen MR) is 124 cm³/mol. The second kappa shape index (κ2) is 6.41. The molecule has 0 saturated heterocycles. The highest BCUT2D eigenvalue weighted by molar-refractivity contribution is 7.89. The molecule has 32 heavy (non-hydrogen) atoms. The zero-order chi connectivity index (χ0) is 23.2. The van der Waals surface area contributed by atoms with Crippen LogP contribution in [-0.4, -0.2) is 33.6 Å². The third-order valence-electron chi connectivity index (χ3n) is 6.14. The fourth-order valence-electron chi connectivity index (χ4n) is 4.71. The first-order valence-corrected chi connectivity index (χ1v) is 12.1. The maximum atomic E-state index is 15.6. The third kappa shape index (κ3) is 2.80. The van der Waals surface area contributed by atoms with Gasteiger partial charge in [-0.1, -0.05) is 11.3 Å². The van der Waals surface area contributed by atoms with Gasteiger partial charge < -0.3 is 5.32 Å². The van der Waals surface area contributed by atoms with Crippen molar-refractivity contribution in [3.63, 3.8) is 0 Å². The molecule has 0 bridgehead atoms. The number of benzene rings is 2. The largest absolute Gasteiger partial charge is 0.359 e. The molecule has 2 aromatic heterocycles. The monoisotopic (exact) mass is 453 g/mol. The molecule has 166 valence electrons. The number of hydrogen-bond acceptors (Lipinski definition) is 5. The van der Waals surface area contributed by atoms with E-state index in [-0.39, 0.29) is 5.82 Å². The lowest BCUT2D eigenvalue weighted by atomic mass is 9.88. The Balaban J connectivity index is 1.86. The van der Waals surface area contributed by atoms with Gasteiger partial charge in [0.15, 0.2) is 0 Å². The van der Waals surface area contributed by atoms with Crippen LogP contribution in [0.2, 0.25) is 0 Å². The van der Waals surface area contributed by atoms with Crippen LogP contribution in [0.3, 0.4) is 0 Å². The van der Waals surface area contributed by atoms with Crippen molar-refractivity contribution in [2.75, 3.05) is 11.6 Å². The number of nitrogens with one attached hydrogen (secondary N) is 1. The second-order valence-corrected chi connectivity index (χ2v) is 10.9. The van der Waals surface area contributed by atoms with E-state index < -0.39 is 15.7 Å². The van der Waals surface area contributed by atoms with Crippen LogP contribution >= 0.6 is 0 Å². The Hall–Kier alpha value is -3.20. The smallest absolute Gasteiger partial charge is 0.236 e. The van der Waals surface area contributed by atoms with E-state index in [2.05, 4.69) is 15.6 Å². The van der Waals surface area contributed by atoms with Crippen LogP contribution < -0.4 is 5.32 Å². The van der Waals surface area contributed by atoms with E-state index >= 15 is 4.39 Å². The molecule has 3 heterocycles. The van der Waals surface area contributed by atoms with Crippen molar-refractivity contribution in [3.05, 3.63) is 53.1 Å². The minimum absolute atomic E-state index is 0.377. The fourth-order valence-corrected chi connectivity index (χ4v) is 5.50. The quantitative estimate of drug-likeness (QED) is 0.481.